The molecule has 1 fully saturated rings. The molecule has 0 radical (unpaired) electrons. The highest BCUT2D eigenvalue weighted by Crippen LogP contribution is 2.29. The summed E-state index contributed by atoms with van der Waals surface area (Å²) in [4.78, 5) is 14.3. The Balaban J connectivity index is 1.94. The Morgan fingerprint density at radius 1 is 1.19 bits per heavy atom. The summed E-state index contributed by atoms with van der Waals surface area (Å²) in [6.07, 6.45) is 0. The second-order valence-corrected chi connectivity index (χ2v) is 7.94. The van der Waals surface area contributed by atoms with Gasteiger partial charge in [-0.2, -0.15) is 0 Å². The first kappa shape index (κ1) is 19.5. The van der Waals surface area contributed by atoms with Crippen LogP contribution in [0.4, 0.5) is 5.69 Å². The molecule has 3 rings (SSSR count). The maximum absolute atomic E-state index is 12.9. The molecule has 0 spiro atoms. The number of nitrogens with zero attached hydrogens (tertiary/aromatic N) is 1. The molecule has 0 aliphatic carbocycles. The van der Waals surface area contributed by atoms with Crippen LogP contribution in [0.15, 0.2) is 47.4 Å². The van der Waals surface area contributed by atoms with E-state index in [1.165, 1.54) is 25.3 Å². The lowest BCUT2D eigenvalue weighted by atomic mass is 10.1. The summed E-state index contributed by atoms with van der Waals surface area (Å²) in [5, 5.41) is 0.258. The van der Waals surface area contributed by atoms with Crippen LogP contribution in [0.25, 0.3) is 0 Å². The van der Waals surface area contributed by atoms with Crippen LogP contribution in [0.5, 0.6) is 5.75 Å². The van der Waals surface area contributed by atoms with Gasteiger partial charge in [0.05, 0.1) is 31.6 Å². The Morgan fingerprint density at radius 3 is 2.59 bits per heavy atom. The number of rotatable bonds is 5. The number of nitrogens with one attached hydrogen (secondary N) is 1. The van der Waals surface area contributed by atoms with Crippen molar-refractivity contribution in [2.45, 2.75) is 4.90 Å². The van der Waals surface area contributed by atoms with E-state index < -0.39 is 10.0 Å². The third-order valence-electron chi connectivity index (χ3n) is 4.12. The van der Waals surface area contributed by atoms with E-state index in [1.54, 1.807) is 29.2 Å². The van der Waals surface area contributed by atoms with E-state index in [1.807, 2.05) is 0 Å². The standard InChI is InChI=1S/C18H19ClN2O5S/c1-25-16-7-6-13(19)12-17(16)27(23,24)20-15-5-3-2-4-14(15)18(22)21-8-10-26-11-9-21/h2-7,12,20H,8-11H2,1H3. The fourth-order valence-electron chi connectivity index (χ4n) is 2.76. The fraction of sp³-hybridized carbons (Fsp3) is 0.278. The zero-order chi connectivity index (χ0) is 19.4. The van der Waals surface area contributed by atoms with Crippen molar-refractivity contribution in [3.05, 3.63) is 53.1 Å². The third-order valence-corrected chi connectivity index (χ3v) is 5.74. The van der Waals surface area contributed by atoms with Crippen molar-refractivity contribution in [2.75, 3.05) is 38.1 Å². The molecule has 0 aromatic heterocycles. The summed E-state index contributed by atoms with van der Waals surface area (Å²) in [6.45, 7) is 1.84. The number of amides is 1. The van der Waals surface area contributed by atoms with Gasteiger partial charge in [0.25, 0.3) is 15.9 Å². The number of carbonyl (C=O) groups excluding carboxylic acids is 1. The molecule has 0 unspecified atom stereocenters. The highest BCUT2D eigenvalue weighted by molar-refractivity contribution is 7.92. The molecule has 27 heavy (non-hydrogen) atoms. The predicted molar refractivity (Wildman–Crippen MR) is 102 cm³/mol. The van der Waals surface area contributed by atoms with E-state index in [4.69, 9.17) is 21.1 Å². The second kappa shape index (κ2) is 8.16. The zero-order valence-corrected chi connectivity index (χ0v) is 16.2. The van der Waals surface area contributed by atoms with Crippen LogP contribution in [-0.4, -0.2) is 52.6 Å². The second-order valence-electron chi connectivity index (χ2n) is 5.85. The van der Waals surface area contributed by atoms with Gasteiger partial charge in [-0.1, -0.05) is 23.7 Å². The molecule has 7 nitrogen and oxygen atoms in total. The summed E-state index contributed by atoms with van der Waals surface area (Å²) in [7, 11) is -2.65. The molecule has 144 valence electrons. The lowest BCUT2D eigenvalue weighted by molar-refractivity contribution is 0.0303. The normalized spacial score (nSPS) is 14.7. The number of benzene rings is 2. The van der Waals surface area contributed by atoms with Crippen molar-refractivity contribution in [1.82, 2.24) is 4.90 Å². The van der Waals surface area contributed by atoms with Crippen LogP contribution in [0, 0.1) is 0 Å². The highest BCUT2D eigenvalue weighted by Gasteiger charge is 2.25. The number of sulfonamides is 1. The van der Waals surface area contributed by atoms with Crippen molar-refractivity contribution >= 4 is 33.2 Å². The molecule has 2 aromatic rings. The molecule has 9 heteroatoms. The topological polar surface area (TPSA) is 84.9 Å². The van der Waals surface area contributed by atoms with Crippen molar-refractivity contribution in [3.63, 3.8) is 0 Å². The predicted octanol–water partition coefficient (Wildman–Crippen LogP) is 2.62. The van der Waals surface area contributed by atoms with Gasteiger partial charge in [-0.05, 0) is 30.3 Å². The minimum absolute atomic E-state index is 0.105. The molecular weight excluding hydrogens is 392 g/mol. The van der Waals surface area contributed by atoms with Gasteiger partial charge in [-0.15, -0.1) is 0 Å². The number of morpholine rings is 1. The van der Waals surface area contributed by atoms with E-state index in [9.17, 15) is 13.2 Å². The molecule has 1 aliphatic heterocycles. The molecule has 1 amide bonds. The molecule has 0 bridgehead atoms. The van der Waals surface area contributed by atoms with Gasteiger partial charge in [0, 0.05) is 18.1 Å². The molecule has 1 N–H and O–H groups in total. The average molecular weight is 411 g/mol. The number of methoxy groups -OCH3 is 1. The van der Waals surface area contributed by atoms with E-state index in [0.717, 1.165) is 0 Å². The first-order valence-corrected chi connectivity index (χ1v) is 10.1. The third kappa shape index (κ3) is 4.35. The average Bonchev–Trinajstić information content (AvgIpc) is 2.68. The smallest absolute Gasteiger partial charge is 0.265 e. The van der Waals surface area contributed by atoms with Crippen molar-refractivity contribution in [1.29, 1.82) is 0 Å². The number of anilines is 1. The minimum atomic E-state index is -4.02. The Labute approximate surface area is 162 Å². The quantitative estimate of drug-likeness (QED) is 0.819. The Morgan fingerprint density at radius 2 is 1.89 bits per heavy atom. The molecule has 1 aliphatic rings. The minimum Gasteiger partial charge on any atom is -0.495 e. The summed E-state index contributed by atoms with van der Waals surface area (Å²) in [6, 6.07) is 10.8. The molecular formula is C18H19ClN2O5S. The summed E-state index contributed by atoms with van der Waals surface area (Å²) in [5.74, 6) is -0.0986. The van der Waals surface area contributed by atoms with Crippen LogP contribution in [0.1, 0.15) is 10.4 Å². The van der Waals surface area contributed by atoms with Gasteiger partial charge >= 0.3 is 0 Å². The molecule has 2 aromatic carbocycles. The fourth-order valence-corrected chi connectivity index (χ4v) is 4.27. The highest BCUT2D eigenvalue weighted by atomic mass is 35.5. The lowest BCUT2D eigenvalue weighted by Gasteiger charge is -2.27. The van der Waals surface area contributed by atoms with Gasteiger partial charge in [0.1, 0.15) is 10.6 Å². The first-order chi connectivity index (χ1) is 12.9. The Bertz CT molecular complexity index is 943. The number of para-hydroxylation sites is 1. The Hall–Kier alpha value is -2.29. The van der Waals surface area contributed by atoms with Gasteiger partial charge < -0.3 is 14.4 Å². The largest absolute Gasteiger partial charge is 0.495 e. The molecule has 0 saturated carbocycles. The summed E-state index contributed by atoms with van der Waals surface area (Å²) in [5.41, 5.74) is 0.458. The number of carbonyl (C=O) groups is 1. The van der Waals surface area contributed by atoms with E-state index in [2.05, 4.69) is 4.72 Å². The van der Waals surface area contributed by atoms with E-state index >= 15 is 0 Å². The molecule has 1 heterocycles. The van der Waals surface area contributed by atoms with Crippen LogP contribution >= 0.6 is 11.6 Å². The van der Waals surface area contributed by atoms with Crippen LogP contribution in [0.3, 0.4) is 0 Å². The number of hydrogen-bond donors (Lipinski definition) is 1. The maximum Gasteiger partial charge on any atom is 0.265 e. The SMILES string of the molecule is COc1ccc(Cl)cc1S(=O)(=O)Nc1ccccc1C(=O)N1CCOCC1. The first-order valence-electron chi connectivity index (χ1n) is 8.25. The van der Waals surface area contributed by atoms with Gasteiger partial charge in [0.15, 0.2) is 0 Å². The van der Waals surface area contributed by atoms with Gasteiger partial charge in [-0.3, -0.25) is 9.52 Å². The Kier molecular flexibility index (Phi) is 5.88. The lowest BCUT2D eigenvalue weighted by Crippen LogP contribution is -2.41. The maximum atomic E-state index is 12.9. The van der Waals surface area contributed by atoms with Crippen LogP contribution < -0.4 is 9.46 Å². The van der Waals surface area contributed by atoms with Crippen LogP contribution in [-0.2, 0) is 14.8 Å². The van der Waals surface area contributed by atoms with Crippen molar-refractivity contribution < 1.29 is 22.7 Å². The zero-order valence-electron chi connectivity index (χ0n) is 14.6. The van der Waals surface area contributed by atoms with Gasteiger partial charge in [-0.25, -0.2) is 8.42 Å². The number of ether oxygens (including phenoxy) is 2. The van der Waals surface area contributed by atoms with E-state index in [-0.39, 0.29) is 32.8 Å². The monoisotopic (exact) mass is 410 g/mol. The van der Waals surface area contributed by atoms with Crippen molar-refractivity contribution in [3.8, 4) is 5.75 Å². The molecule has 0 atom stereocenters. The summed E-state index contributed by atoms with van der Waals surface area (Å²) < 4.78 is 38.6. The van der Waals surface area contributed by atoms with Crippen LogP contribution in [0.2, 0.25) is 5.02 Å². The van der Waals surface area contributed by atoms with Gasteiger partial charge in [0.2, 0.25) is 0 Å². The molecule has 1 saturated heterocycles. The number of hydrogen-bond acceptors (Lipinski definition) is 5. The van der Waals surface area contributed by atoms with E-state index in [0.29, 0.717) is 26.3 Å². The number of halogens is 1. The van der Waals surface area contributed by atoms with Crippen molar-refractivity contribution in [2.24, 2.45) is 0 Å². The summed E-state index contributed by atoms with van der Waals surface area (Å²) >= 11 is 5.95.